The quantitative estimate of drug-likeness (QED) is 0.603. The lowest BCUT2D eigenvalue weighted by atomic mass is 9.98. The van der Waals surface area contributed by atoms with Gasteiger partial charge in [0.1, 0.15) is 11.6 Å². The summed E-state index contributed by atoms with van der Waals surface area (Å²) < 4.78 is 5.48. The largest absolute Gasteiger partial charge is 0.481 e. The smallest absolute Gasteiger partial charge is 0.413 e. The van der Waals surface area contributed by atoms with E-state index in [1.54, 1.807) is 0 Å². The van der Waals surface area contributed by atoms with Gasteiger partial charge < -0.3 is 9.84 Å². The Labute approximate surface area is 171 Å². The second-order valence-corrected chi connectivity index (χ2v) is 7.76. The molecule has 4 rings (SSSR count). The number of nitrogens with one attached hydrogen (secondary N) is 1. The van der Waals surface area contributed by atoms with Gasteiger partial charge in [-0.05, 0) is 28.7 Å². The van der Waals surface area contributed by atoms with E-state index in [1.807, 2.05) is 24.3 Å². The number of fused-ring (bicyclic) bond motifs is 3. The van der Waals surface area contributed by atoms with E-state index in [1.165, 1.54) is 22.5 Å². The van der Waals surface area contributed by atoms with Crippen molar-refractivity contribution < 1.29 is 19.4 Å². The van der Waals surface area contributed by atoms with Crippen molar-refractivity contribution in [2.75, 3.05) is 11.9 Å². The minimum Gasteiger partial charge on any atom is -0.481 e. The van der Waals surface area contributed by atoms with Gasteiger partial charge in [0.15, 0.2) is 0 Å². The van der Waals surface area contributed by atoms with Gasteiger partial charge in [0.25, 0.3) is 0 Å². The fourth-order valence-electron chi connectivity index (χ4n) is 3.52. The van der Waals surface area contributed by atoms with Crippen LogP contribution in [0.1, 0.15) is 34.9 Å². The number of amides is 1. The second-order valence-electron chi connectivity index (χ2n) is 6.70. The molecule has 0 saturated heterocycles. The van der Waals surface area contributed by atoms with Crippen molar-refractivity contribution in [3.8, 4) is 11.1 Å². The molecule has 8 heteroatoms. The van der Waals surface area contributed by atoms with Crippen LogP contribution in [0.2, 0.25) is 0 Å². The van der Waals surface area contributed by atoms with Gasteiger partial charge >= 0.3 is 12.1 Å². The number of carbonyl (C=O) groups is 2. The fourth-order valence-corrected chi connectivity index (χ4v) is 4.29. The van der Waals surface area contributed by atoms with Crippen LogP contribution in [0.5, 0.6) is 0 Å². The van der Waals surface area contributed by atoms with Gasteiger partial charge in [0.05, 0.1) is 0 Å². The molecule has 0 aliphatic heterocycles. The molecule has 1 aliphatic carbocycles. The molecule has 0 bridgehead atoms. The SMILES string of the molecule is O=C(O)CCCc1nnc(NC(=O)OCC2c3ccccc3-c3ccccc32)s1. The Bertz CT molecular complexity index is 1000. The second kappa shape index (κ2) is 8.40. The topological polar surface area (TPSA) is 101 Å². The number of carboxylic acid groups (broad SMARTS) is 1. The maximum atomic E-state index is 12.2. The Morgan fingerprint density at radius 3 is 2.34 bits per heavy atom. The van der Waals surface area contributed by atoms with Gasteiger partial charge in [0.2, 0.25) is 5.13 Å². The maximum absolute atomic E-state index is 12.2. The summed E-state index contributed by atoms with van der Waals surface area (Å²) in [4.78, 5) is 22.8. The van der Waals surface area contributed by atoms with E-state index in [4.69, 9.17) is 9.84 Å². The molecule has 0 unspecified atom stereocenters. The molecule has 1 aromatic heterocycles. The van der Waals surface area contributed by atoms with E-state index in [0.29, 0.717) is 23.0 Å². The molecule has 1 aliphatic rings. The molecule has 0 saturated carbocycles. The molecule has 1 heterocycles. The molecule has 2 aromatic carbocycles. The number of aliphatic carboxylic acids is 1. The minimum atomic E-state index is -0.841. The van der Waals surface area contributed by atoms with Crippen LogP contribution in [0.4, 0.5) is 9.93 Å². The summed E-state index contributed by atoms with van der Waals surface area (Å²) in [6.07, 6.45) is 0.486. The molecule has 0 atom stereocenters. The molecule has 2 N–H and O–H groups in total. The van der Waals surface area contributed by atoms with E-state index in [-0.39, 0.29) is 18.9 Å². The highest BCUT2D eigenvalue weighted by molar-refractivity contribution is 7.15. The van der Waals surface area contributed by atoms with E-state index < -0.39 is 12.1 Å². The fraction of sp³-hybridized carbons (Fsp3) is 0.238. The maximum Gasteiger partial charge on any atom is 0.413 e. The van der Waals surface area contributed by atoms with Crippen LogP contribution in [0, 0.1) is 0 Å². The molecule has 7 nitrogen and oxygen atoms in total. The van der Waals surface area contributed by atoms with E-state index in [9.17, 15) is 9.59 Å². The normalized spacial score (nSPS) is 12.3. The Kier molecular flexibility index (Phi) is 5.53. The van der Waals surface area contributed by atoms with Crippen molar-refractivity contribution in [1.82, 2.24) is 10.2 Å². The van der Waals surface area contributed by atoms with Gasteiger partial charge in [-0.1, -0.05) is 59.9 Å². The Balaban J connectivity index is 1.36. The standard InChI is InChI=1S/C21H19N3O4S/c25-19(26)11-5-10-18-23-24-20(29-18)22-21(27)28-12-17-15-8-3-1-6-13(15)14-7-2-4-9-16(14)17/h1-4,6-9,17H,5,10-12H2,(H,25,26)(H,22,24,27). The van der Waals surface area contributed by atoms with Crippen molar-refractivity contribution in [1.29, 1.82) is 0 Å². The average molecular weight is 409 g/mol. The van der Waals surface area contributed by atoms with E-state index >= 15 is 0 Å². The first kappa shape index (κ1) is 19.1. The predicted molar refractivity (Wildman–Crippen MR) is 109 cm³/mol. The zero-order chi connectivity index (χ0) is 20.2. The lowest BCUT2D eigenvalue weighted by Gasteiger charge is -2.13. The first-order chi connectivity index (χ1) is 14.1. The number of carboxylic acids is 1. The summed E-state index contributed by atoms with van der Waals surface area (Å²) in [5, 5.41) is 20.2. The van der Waals surface area contributed by atoms with Gasteiger partial charge in [-0.2, -0.15) is 0 Å². The number of hydrogen-bond donors (Lipinski definition) is 2. The number of aryl methyl sites for hydroxylation is 1. The highest BCUT2D eigenvalue weighted by atomic mass is 32.1. The van der Waals surface area contributed by atoms with Crippen molar-refractivity contribution in [2.45, 2.75) is 25.2 Å². The van der Waals surface area contributed by atoms with Crippen LogP contribution in [0.3, 0.4) is 0 Å². The highest BCUT2D eigenvalue weighted by Crippen LogP contribution is 2.44. The third-order valence-corrected chi connectivity index (χ3v) is 5.70. The van der Waals surface area contributed by atoms with Crippen LogP contribution in [0.25, 0.3) is 11.1 Å². The number of hydrogen-bond acceptors (Lipinski definition) is 6. The molecule has 148 valence electrons. The third kappa shape index (κ3) is 4.27. The van der Waals surface area contributed by atoms with Gasteiger partial charge in [-0.3, -0.25) is 10.1 Å². The van der Waals surface area contributed by atoms with Crippen LogP contribution in [-0.2, 0) is 16.0 Å². The first-order valence-corrected chi connectivity index (χ1v) is 10.1. The van der Waals surface area contributed by atoms with Crippen LogP contribution < -0.4 is 5.32 Å². The molecule has 0 spiro atoms. The summed E-state index contributed by atoms with van der Waals surface area (Å²) in [7, 11) is 0. The minimum absolute atomic E-state index is 0.00542. The molecule has 3 aromatic rings. The number of ether oxygens (including phenoxy) is 1. The average Bonchev–Trinajstić information content (AvgIpc) is 3.28. The van der Waals surface area contributed by atoms with Crippen LogP contribution in [0.15, 0.2) is 48.5 Å². The number of benzene rings is 2. The lowest BCUT2D eigenvalue weighted by Crippen LogP contribution is -2.17. The highest BCUT2D eigenvalue weighted by Gasteiger charge is 2.29. The zero-order valence-electron chi connectivity index (χ0n) is 15.5. The number of rotatable bonds is 7. The van der Waals surface area contributed by atoms with Crippen molar-refractivity contribution >= 4 is 28.5 Å². The summed E-state index contributed by atoms with van der Waals surface area (Å²) in [5.74, 6) is -0.847. The lowest BCUT2D eigenvalue weighted by molar-refractivity contribution is -0.137. The predicted octanol–water partition coefficient (Wildman–Crippen LogP) is 4.31. The van der Waals surface area contributed by atoms with Crippen molar-refractivity contribution in [3.05, 3.63) is 64.7 Å². The molecule has 0 radical (unpaired) electrons. The van der Waals surface area contributed by atoms with Crippen LogP contribution in [-0.4, -0.2) is 34.0 Å². The summed E-state index contributed by atoms with van der Waals surface area (Å²) >= 11 is 1.22. The van der Waals surface area contributed by atoms with Crippen molar-refractivity contribution in [3.63, 3.8) is 0 Å². The monoisotopic (exact) mass is 409 g/mol. The van der Waals surface area contributed by atoms with Crippen LogP contribution >= 0.6 is 11.3 Å². The summed E-state index contributed by atoms with van der Waals surface area (Å²) in [6, 6.07) is 16.3. The molecule has 1 amide bonds. The number of carbonyl (C=O) groups excluding carboxylic acids is 1. The number of anilines is 1. The zero-order valence-corrected chi connectivity index (χ0v) is 16.3. The van der Waals surface area contributed by atoms with Gasteiger partial charge in [-0.25, -0.2) is 4.79 Å². The summed E-state index contributed by atoms with van der Waals surface area (Å²) in [6.45, 7) is 0.226. The molecular weight excluding hydrogens is 390 g/mol. The molecule has 0 fully saturated rings. The Hall–Kier alpha value is -3.26. The number of aromatic nitrogens is 2. The number of nitrogens with zero attached hydrogens (tertiary/aromatic N) is 2. The third-order valence-electron chi connectivity index (χ3n) is 4.80. The Morgan fingerprint density at radius 1 is 1.03 bits per heavy atom. The first-order valence-electron chi connectivity index (χ1n) is 9.28. The van der Waals surface area contributed by atoms with E-state index in [0.717, 1.165) is 11.1 Å². The van der Waals surface area contributed by atoms with Gasteiger partial charge in [-0.15, -0.1) is 10.2 Å². The van der Waals surface area contributed by atoms with Gasteiger partial charge in [0, 0.05) is 18.8 Å². The van der Waals surface area contributed by atoms with E-state index in [2.05, 4.69) is 39.8 Å². The molecule has 29 heavy (non-hydrogen) atoms. The molecular formula is C21H19N3O4S. The summed E-state index contributed by atoms with van der Waals surface area (Å²) in [5.41, 5.74) is 4.65. The van der Waals surface area contributed by atoms with Crippen molar-refractivity contribution in [2.24, 2.45) is 0 Å². The Morgan fingerprint density at radius 2 is 1.69 bits per heavy atom.